The molecule has 4 heteroatoms. The summed E-state index contributed by atoms with van der Waals surface area (Å²) in [6, 6.07) is 5.29. The molecule has 90 valence electrons. The maximum absolute atomic E-state index is 13.6. The molecule has 1 aromatic heterocycles. The van der Waals surface area contributed by atoms with Gasteiger partial charge in [-0.05, 0) is 43.8 Å². The average molecular weight is 236 g/mol. The monoisotopic (exact) mass is 236 g/mol. The molecule has 1 aromatic carbocycles. The van der Waals surface area contributed by atoms with Crippen LogP contribution >= 0.6 is 0 Å². The lowest BCUT2D eigenvalue weighted by atomic mass is 10.1. The van der Waals surface area contributed by atoms with Gasteiger partial charge in [0.25, 0.3) is 0 Å². The second kappa shape index (κ2) is 4.67. The summed E-state index contributed by atoms with van der Waals surface area (Å²) in [6.07, 6.45) is 0. The van der Waals surface area contributed by atoms with Gasteiger partial charge in [0.05, 0.1) is 0 Å². The van der Waals surface area contributed by atoms with E-state index in [1.807, 2.05) is 20.0 Å². The molecule has 2 aromatic rings. The summed E-state index contributed by atoms with van der Waals surface area (Å²) in [4.78, 5) is 3.07. The third kappa shape index (κ3) is 2.36. The van der Waals surface area contributed by atoms with Crippen molar-refractivity contribution < 1.29 is 8.78 Å². The third-order valence-electron chi connectivity index (χ3n) is 2.71. The zero-order chi connectivity index (χ0) is 12.4. The molecule has 2 N–H and O–H groups in total. The van der Waals surface area contributed by atoms with Crippen molar-refractivity contribution in [1.82, 2.24) is 10.3 Å². The van der Waals surface area contributed by atoms with Gasteiger partial charge in [-0.2, -0.15) is 0 Å². The van der Waals surface area contributed by atoms with Crippen LogP contribution in [0.5, 0.6) is 0 Å². The van der Waals surface area contributed by atoms with E-state index in [1.165, 1.54) is 6.07 Å². The molecule has 0 fully saturated rings. The summed E-state index contributed by atoms with van der Waals surface area (Å²) in [5.74, 6) is -0.868. The van der Waals surface area contributed by atoms with Crippen molar-refractivity contribution in [1.29, 1.82) is 0 Å². The van der Waals surface area contributed by atoms with E-state index in [-0.39, 0.29) is 5.56 Å². The molecule has 2 nitrogen and oxygen atoms in total. The Kier molecular flexibility index (Phi) is 3.24. The van der Waals surface area contributed by atoms with Crippen LogP contribution in [0, 0.1) is 18.6 Å². The molecule has 0 radical (unpaired) electrons. The summed E-state index contributed by atoms with van der Waals surface area (Å²) in [5, 5.41) is 3.03. The maximum Gasteiger partial charge on any atom is 0.132 e. The van der Waals surface area contributed by atoms with E-state index in [2.05, 4.69) is 10.3 Å². The van der Waals surface area contributed by atoms with Gasteiger partial charge in [0, 0.05) is 23.5 Å². The maximum atomic E-state index is 13.6. The van der Waals surface area contributed by atoms with Crippen molar-refractivity contribution in [3.05, 3.63) is 47.2 Å². The number of H-pyrrole nitrogens is 1. The lowest BCUT2D eigenvalue weighted by molar-refractivity contribution is 0.602. The number of halogens is 2. The first-order valence-electron chi connectivity index (χ1n) is 5.40. The largest absolute Gasteiger partial charge is 0.358 e. The highest BCUT2D eigenvalue weighted by Gasteiger charge is 2.10. The number of hydrogen-bond acceptors (Lipinski definition) is 1. The first kappa shape index (κ1) is 11.8. The van der Waals surface area contributed by atoms with Gasteiger partial charge in [-0.1, -0.05) is 0 Å². The van der Waals surface area contributed by atoms with Crippen molar-refractivity contribution in [2.75, 3.05) is 7.05 Å². The van der Waals surface area contributed by atoms with E-state index in [9.17, 15) is 8.78 Å². The zero-order valence-electron chi connectivity index (χ0n) is 9.77. The summed E-state index contributed by atoms with van der Waals surface area (Å²) < 4.78 is 26.7. The molecule has 17 heavy (non-hydrogen) atoms. The summed E-state index contributed by atoms with van der Waals surface area (Å²) in [5.41, 5.74) is 2.87. The molecule has 0 unspecified atom stereocenters. The molecule has 1 heterocycles. The van der Waals surface area contributed by atoms with Crippen molar-refractivity contribution >= 4 is 0 Å². The van der Waals surface area contributed by atoms with Gasteiger partial charge in [0.15, 0.2) is 0 Å². The van der Waals surface area contributed by atoms with Crippen LogP contribution < -0.4 is 5.32 Å². The van der Waals surface area contributed by atoms with E-state index in [4.69, 9.17) is 0 Å². The van der Waals surface area contributed by atoms with E-state index >= 15 is 0 Å². The molecule has 0 aliphatic rings. The predicted octanol–water partition coefficient (Wildman–Crippen LogP) is 2.99. The topological polar surface area (TPSA) is 27.8 Å². The standard InChI is InChI=1S/C13H14F2N2/c1-8-9(7-16-2)5-13(17-8)11-6-10(14)3-4-12(11)15/h3-6,16-17H,7H2,1-2H3. The molecule has 0 aliphatic carbocycles. The number of benzene rings is 1. The van der Waals surface area contributed by atoms with E-state index in [0.29, 0.717) is 12.2 Å². The molecule has 0 spiro atoms. The van der Waals surface area contributed by atoms with Gasteiger partial charge in [0.1, 0.15) is 11.6 Å². The fourth-order valence-corrected chi connectivity index (χ4v) is 1.82. The first-order valence-corrected chi connectivity index (χ1v) is 5.40. The minimum absolute atomic E-state index is 0.260. The van der Waals surface area contributed by atoms with Crippen LogP contribution in [0.15, 0.2) is 24.3 Å². The Hall–Kier alpha value is -1.68. The van der Waals surface area contributed by atoms with Crippen LogP contribution in [0.25, 0.3) is 11.3 Å². The molecule has 0 amide bonds. The van der Waals surface area contributed by atoms with Crippen molar-refractivity contribution in [2.45, 2.75) is 13.5 Å². The lowest BCUT2D eigenvalue weighted by Crippen LogP contribution is -2.04. The first-order chi connectivity index (χ1) is 8.11. The van der Waals surface area contributed by atoms with Crippen LogP contribution in [0.1, 0.15) is 11.3 Å². The van der Waals surface area contributed by atoms with Crippen LogP contribution in [-0.2, 0) is 6.54 Å². The molecule has 0 bridgehead atoms. The van der Waals surface area contributed by atoms with Crippen molar-refractivity contribution in [3.63, 3.8) is 0 Å². The number of aromatic nitrogens is 1. The lowest BCUT2D eigenvalue weighted by Gasteiger charge is -2.00. The Balaban J connectivity index is 2.45. The summed E-state index contributed by atoms with van der Waals surface area (Å²) in [7, 11) is 1.84. The smallest absolute Gasteiger partial charge is 0.132 e. The highest BCUT2D eigenvalue weighted by atomic mass is 19.1. The second-order valence-corrected chi connectivity index (χ2v) is 3.99. The van der Waals surface area contributed by atoms with E-state index < -0.39 is 11.6 Å². The fraction of sp³-hybridized carbons (Fsp3) is 0.231. The number of rotatable bonds is 3. The number of nitrogens with one attached hydrogen (secondary N) is 2. The van der Waals surface area contributed by atoms with E-state index in [0.717, 1.165) is 23.4 Å². The zero-order valence-corrected chi connectivity index (χ0v) is 9.77. The quantitative estimate of drug-likeness (QED) is 0.842. The predicted molar refractivity (Wildman–Crippen MR) is 63.6 cm³/mol. The molecular formula is C13H14F2N2. The second-order valence-electron chi connectivity index (χ2n) is 3.99. The van der Waals surface area contributed by atoms with Crippen LogP contribution in [0.2, 0.25) is 0 Å². The normalized spacial score (nSPS) is 10.8. The Morgan fingerprint density at radius 3 is 2.71 bits per heavy atom. The van der Waals surface area contributed by atoms with Gasteiger partial charge in [0.2, 0.25) is 0 Å². The Bertz CT molecular complexity index is 532. The third-order valence-corrected chi connectivity index (χ3v) is 2.71. The van der Waals surface area contributed by atoms with Crippen LogP contribution in [-0.4, -0.2) is 12.0 Å². The van der Waals surface area contributed by atoms with Gasteiger partial charge < -0.3 is 10.3 Å². The number of aryl methyl sites for hydroxylation is 1. The van der Waals surface area contributed by atoms with Gasteiger partial charge in [-0.15, -0.1) is 0 Å². The SMILES string of the molecule is CNCc1cc(-c2cc(F)ccc2F)[nH]c1C. The molecule has 0 aliphatic heterocycles. The van der Waals surface area contributed by atoms with Gasteiger partial charge >= 0.3 is 0 Å². The van der Waals surface area contributed by atoms with Crippen LogP contribution in [0.4, 0.5) is 8.78 Å². The highest BCUT2D eigenvalue weighted by Crippen LogP contribution is 2.25. The van der Waals surface area contributed by atoms with Gasteiger partial charge in [-0.25, -0.2) is 8.78 Å². The minimum Gasteiger partial charge on any atom is -0.358 e. The average Bonchev–Trinajstić information content (AvgIpc) is 2.64. The molecule has 2 rings (SSSR count). The molecule has 0 saturated heterocycles. The molecule has 0 saturated carbocycles. The Morgan fingerprint density at radius 1 is 1.24 bits per heavy atom. The molecule has 0 atom stereocenters. The van der Waals surface area contributed by atoms with E-state index in [1.54, 1.807) is 0 Å². The van der Waals surface area contributed by atoms with Crippen molar-refractivity contribution in [3.8, 4) is 11.3 Å². The molecular weight excluding hydrogens is 222 g/mol. The van der Waals surface area contributed by atoms with Crippen molar-refractivity contribution in [2.24, 2.45) is 0 Å². The van der Waals surface area contributed by atoms with Gasteiger partial charge in [-0.3, -0.25) is 0 Å². The number of aromatic amines is 1. The minimum atomic E-state index is -0.441. The summed E-state index contributed by atoms with van der Waals surface area (Å²) >= 11 is 0. The highest BCUT2D eigenvalue weighted by molar-refractivity contribution is 5.62. The fourth-order valence-electron chi connectivity index (χ4n) is 1.82. The Labute approximate surface area is 98.7 Å². The Morgan fingerprint density at radius 2 is 2.00 bits per heavy atom. The summed E-state index contributed by atoms with van der Waals surface area (Å²) in [6.45, 7) is 2.60. The van der Waals surface area contributed by atoms with Crippen LogP contribution in [0.3, 0.4) is 0 Å². The number of hydrogen-bond donors (Lipinski definition) is 2.